The third-order valence-electron chi connectivity index (χ3n) is 4.39. The molecule has 31 heavy (non-hydrogen) atoms. The van der Waals surface area contributed by atoms with Crippen molar-refractivity contribution in [1.82, 2.24) is 0 Å². The van der Waals surface area contributed by atoms with E-state index in [-0.39, 0.29) is 23.8 Å². The highest BCUT2D eigenvalue weighted by molar-refractivity contribution is 7.17. The molecule has 1 aromatic heterocycles. The van der Waals surface area contributed by atoms with E-state index in [1.54, 1.807) is 25.1 Å². The molecule has 0 fully saturated rings. The zero-order valence-corrected chi connectivity index (χ0v) is 17.8. The molecule has 7 nitrogen and oxygen atoms in total. The summed E-state index contributed by atoms with van der Waals surface area (Å²) in [6.45, 7) is 3.69. The average Bonchev–Trinajstić information content (AvgIpc) is 3.08. The van der Waals surface area contributed by atoms with Crippen molar-refractivity contribution < 1.29 is 19.2 Å². The van der Waals surface area contributed by atoms with Crippen molar-refractivity contribution in [2.75, 3.05) is 11.9 Å². The van der Waals surface area contributed by atoms with Gasteiger partial charge in [0.15, 0.2) is 0 Å². The van der Waals surface area contributed by atoms with E-state index in [1.165, 1.54) is 29.5 Å². The van der Waals surface area contributed by atoms with Crippen LogP contribution in [0.1, 0.15) is 27.7 Å². The second-order valence-corrected chi connectivity index (χ2v) is 7.72. The smallest absolute Gasteiger partial charge is 0.341 e. The molecule has 0 aliphatic heterocycles. The van der Waals surface area contributed by atoms with Gasteiger partial charge < -0.3 is 10.1 Å². The molecule has 0 radical (unpaired) electrons. The first-order valence-corrected chi connectivity index (χ1v) is 10.3. The summed E-state index contributed by atoms with van der Waals surface area (Å²) in [5.41, 5.74) is 2.27. The lowest BCUT2D eigenvalue weighted by molar-refractivity contribution is -0.384. The first-order valence-electron chi connectivity index (χ1n) is 9.50. The normalized spacial score (nSPS) is 10.8. The van der Waals surface area contributed by atoms with E-state index in [0.717, 1.165) is 10.4 Å². The van der Waals surface area contributed by atoms with Gasteiger partial charge in [0.05, 0.1) is 11.5 Å². The minimum absolute atomic E-state index is 0.0473. The fraction of sp³-hybridized carbons (Fsp3) is 0.130. The number of nitro benzene ring substituents is 1. The van der Waals surface area contributed by atoms with Gasteiger partial charge in [0.2, 0.25) is 5.91 Å². The van der Waals surface area contributed by atoms with Gasteiger partial charge in [0.1, 0.15) is 10.6 Å². The van der Waals surface area contributed by atoms with Crippen LogP contribution in [0.4, 0.5) is 10.7 Å². The van der Waals surface area contributed by atoms with Gasteiger partial charge in [-0.3, -0.25) is 14.9 Å². The van der Waals surface area contributed by atoms with Gasteiger partial charge in [0.25, 0.3) is 5.69 Å². The number of carbonyl (C=O) groups excluding carboxylic acids is 2. The summed E-state index contributed by atoms with van der Waals surface area (Å²) in [6, 6.07) is 15.3. The molecule has 1 heterocycles. The van der Waals surface area contributed by atoms with Gasteiger partial charge >= 0.3 is 5.97 Å². The first kappa shape index (κ1) is 21.9. The van der Waals surface area contributed by atoms with Gasteiger partial charge in [-0.15, -0.1) is 11.3 Å². The highest BCUT2D eigenvalue weighted by atomic mass is 32.1. The van der Waals surface area contributed by atoms with Crippen molar-refractivity contribution in [2.24, 2.45) is 0 Å². The Morgan fingerprint density at radius 1 is 1.13 bits per heavy atom. The van der Waals surface area contributed by atoms with Crippen LogP contribution in [0.3, 0.4) is 0 Å². The molecule has 0 saturated heterocycles. The Hall–Kier alpha value is -3.78. The van der Waals surface area contributed by atoms with E-state index in [9.17, 15) is 19.7 Å². The largest absolute Gasteiger partial charge is 0.462 e. The average molecular weight is 436 g/mol. The number of thiophene rings is 1. The van der Waals surface area contributed by atoms with Crippen LogP contribution in [0.15, 0.2) is 60.7 Å². The third kappa shape index (κ3) is 5.23. The Kier molecular flexibility index (Phi) is 6.94. The summed E-state index contributed by atoms with van der Waals surface area (Å²) in [5, 5.41) is 14.1. The molecule has 3 rings (SSSR count). The summed E-state index contributed by atoms with van der Waals surface area (Å²) in [4.78, 5) is 36.4. The van der Waals surface area contributed by atoms with Gasteiger partial charge in [-0.1, -0.05) is 30.3 Å². The molecule has 8 heteroatoms. The Balaban J connectivity index is 1.96. The molecule has 0 saturated carbocycles. The number of carbonyl (C=O) groups is 2. The van der Waals surface area contributed by atoms with Gasteiger partial charge in [0, 0.05) is 28.6 Å². The predicted molar refractivity (Wildman–Crippen MR) is 121 cm³/mol. The van der Waals surface area contributed by atoms with Crippen LogP contribution in [-0.4, -0.2) is 23.4 Å². The van der Waals surface area contributed by atoms with Crippen molar-refractivity contribution in [3.8, 4) is 11.1 Å². The van der Waals surface area contributed by atoms with Gasteiger partial charge in [-0.25, -0.2) is 4.79 Å². The molecule has 0 aliphatic carbocycles. The Bertz CT molecular complexity index is 1130. The van der Waals surface area contributed by atoms with Crippen molar-refractivity contribution >= 4 is 40.0 Å². The number of anilines is 1. The number of nitro groups is 1. The second-order valence-electron chi connectivity index (χ2n) is 6.50. The topological polar surface area (TPSA) is 98.5 Å². The number of amides is 1. The molecule has 2 aromatic carbocycles. The Morgan fingerprint density at radius 3 is 2.42 bits per heavy atom. The zero-order valence-electron chi connectivity index (χ0n) is 17.0. The maximum atomic E-state index is 12.7. The Morgan fingerprint density at radius 2 is 1.81 bits per heavy atom. The molecule has 1 N–H and O–H groups in total. The molecule has 0 bridgehead atoms. The molecular weight excluding hydrogens is 416 g/mol. The molecule has 158 valence electrons. The second kappa shape index (κ2) is 9.82. The number of ether oxygens (including phenoxy) is 1. The summed E-state index contributed by atoms with van der Waals surface area (Å²) >= 11 is 1.25. The van der Waals surface area contributed by atoms with E-state index in [4.69, 9.17) is 4.74 Å². The van der Waals surface area contributed by atoms with E-state index in [1.807, 2.05) is 37.3 Å². The number of non-ortho nitro benzene ring substituents is 1. The summed E-state index contributed by atoms with van der Waals surface area (Å²) < 4.78 is 5.21. The lowest BCUT2D eigenvalue weighted by atomic mass is 10.0. The maximum Gasteiger partial charge on any atom is 0.341 e. The van der Waals surface area contributed by atoms with Crippen molar-refractivity contribution in [3.05, 3.63) is 86.8 Å². The van der Waals surface area contributed by atoms with Crippen molar-refractivity contribution in [2.45, 2.75) is 13.8 Å². The number of benzene rings is 2. The summed E-state index contributed by atoms with van der Waals surface area (Å²) in [6.07, 6.45) is 3.07. The number of nitrogens with one attached hydrogen (secondary N) is 1. The number of esters is 1. The van der Waals surface area contributed by atoms with Gasteiger partial charge in [-0.05, 0) is 43.2 Å². The molecule has 0 aliphatic rings. The van der Waals surface area contributed by atoms with E-state index < -0.39 is 10.9 Å². The van der Waals surface area contributed by atoms with Crippen LogP contribution >= 0.6 is 11.3 Å². The van der Waals surface area contributed by atoms with Crippen molar-refractivity contribution in [3.63, 3.8) is 0 Å². The van der Waals surface area contributed by atoms with E-state index in [0.29, 0.717) is 16.1 Å². The molecule has 0 spiro atoms. The number of hydrogen-bond donors (Lipinski definition) is 1. The van der Waals surface area contributed by atoms with E-state index in [2.05, 4.69) is 5.32 Å². The lowest BCUT2D eigenvalue weighted by Gasteiger charge is -2.08. The van der Waals surface area contributed by atoms with Crippen LogP contribution in [0.25, 0.3) is 17.2 Å². The van der Waals surface area contributed by atoms with Crippen LogP contribution in [-0.2, 0) is 9.53 Å². The number of hydrogen-bond acceptors (Lipinski definition) is 6. The fourth-order valence-electron chi connectivity index (χ4n) is 3.02. The quantitative estimate of drug-likeness (QED) is 0.229. The zero-order chi connectivity index (χ0) is 22.4. The number of rotatable bonds is 7. The Labute approximate surface area is 183 Å². The summed E-state index contributed by atoms with van der Waals surface area (Å²) in [7, 11) is 0. The lowest BCUT2D eigenvalue weighted by Crippen LogP contribution is -2.12. The number of nitrogens with zero attached hydrogens (tertiary/aromatic N) is 1. The fourth-order valence-corrected chi connectivity index (χ4v) is 4.09. The summed E-state index contributed by atoms with van der Waals surface area (Å²) in [5.74, 6) is -0.951. The van der Waals surface area contributed by atoms with Crippen molar-refractivity contribution in [1.29, 1.82) is 0 Å². The highest BCUT2D eigenvalue weighted by Gasteiger charge is 2.25. The standard InChI is InChI=1S/C23H20N2O5S/c1-3-30-23(27)21-20(17-10-12-18(13-11-17)25(28)29)15(2)31-22(21)24-19(26)14-9-16-7-5-4-6-8-16/h4-14H,3H2,1-2H3,(H,24,26)/b14-9+. The SMILES string of the molecule is CCOC(=O)c1c(NC(=O)/C=C/c2ccccc2)sc(C)c1-c1ccc([N+](=O)[O-])cc1. The molecular formula is C23H20N2O5S. The van der Waals surface area contributed by atoms with Crippen LogP contribution < -0.4 is 5.32 Å². The molecule has 1 amide bonds. The van der Waals surface area contributed by atoms with Crippen LogP contribution in [0, 0.1) is 17.0 Å². The van der Waals surface area contributed by atoms with Crippen LogP contribution in [0.2, 0.25) is 0 Å². The third-order valence-corrected chi connectivity index (χ3v) is 5.41. The van der Waals surface area contributed by atoms with Crippen LogP contribution in [0.5, 0.6) is 0 Å². The van der Waals surface area contributed by atoms with Gasteiger partial charge in [-0.2, -0.15) is 0 Å². The number of aryl methyl sites for hydroxylation is 1. The minimum atomic E-state index is -0.567. The maximum absolute atomic E-state index is 12.7. The highest BCUT2D eigenvalue weighted by Crippen LogP contribution is 2.40. The monoisotopic (exact) mass is 436 g/mol. The predicted octanol–water partition coefficient (Wildman–Crippen LogP) is 5.46. The minimum Gasteiger partial charge on any atom is -0.462 e. The molecule has 3 aromatic rings. The van der Waals surface area contributed by atoms with E-state index >= 15 is 0 Å². The molecule has 0 unspecified atom stereocenters. The first-order chi connectivity index (χ1) is 14.9. The molecule has 0 atom stereocenters.